The Labute approximate surface area is 140 Å². The van der Waals surface area contributed by atoms with Gasteiger partial charge in [-0.2, -0.15) is 13.5 Å². The summed E-state index contributed by atoms with van der Waals surface area (Å²) < 4.78 is 31.5. The summed E-state index contributed by atoms with van der Waals surface area (Å²) in [5, 5.41) is 28.2. The molecule has 0 radical (unpaired) electrons. The molecule has 11 nitrogen and oxygen atoms in total. The van der Waals surface area contributed by atoms with Gasteiger partial charge >= 0.3 is 5.69 Å². The van der Waals surface area contributed by atoms with E-state index in [9.17, 15) is 28.4 Å². The van der Waals surface area contributed by atoms with E-state index in [-0.39, 0.29) is 21.8 Å². The van der Waals surface area contributed by atoms with E-state index in [1.54, 1.807) is 0 Å². The first-order chi connectivity index (χ1) is 11.5. The molecule has 1 heterocycles. The molecule has 0 bridgehead atoms. The van der Waals surface area contributed by atoms with Gasteiger partial charge in [0.05, 0.1) is 21.1 Å². The highest BCUT2D eigenvalue weighted by Gasteiger charge is 2.26. The molecular formula is C13H12N4O7S. The normalized spacial score (nSPS) is 11.8. The Morgan fingerprint density at radius 1 is 1.20 bits per heavy atom. The Morgan fingerprint density at radius 2 is 1.76 bits per heavy atom. The van der Waals surface area contributed by atoms with Crippen molar-refractivity contribution in [3.63, 3.8) is 0 Å². The van der Waals surface area contributed by atoms with E-state index in [1.165, 1.54) is 19.1 Å². The van der Waals surface area contributed by atoms with Gasteiger partial charge in [-0.1, -0.05) is 0 Å². The molecule has 0 atom stereocenters. The summed E-state index contributed by atoms with van der Waals surface area (Å²) in [4.78, 5) is 22.0. The number of nitro groups is 1. The van der Waals surface area contributed by atoms with E-state index >= 15 is 0 Å². The van der Waals surface area contributed by atoms with Crippen molar-refractivity contribution in [2.45, 2.75) is 11.8 Å². The first kappa shape index (κ1) is 18.2. The molecule has 0 aliphatic heterocycles. The largest absolute Gasteiger partial charge is 0.490 e. The SMILES string of the molecule is Cc1c([N+](=O)[O-])c(O)n(C)c(=O)c1N=Nc1ccc(S(=O)(=O)O)cc1. The molecule has 0 spiro atoms. The molecule has 0 amide bonds. The Kier molecular flexibility index (Phi) is 4.67. The van der Waals surface area contributed by atoms with Gasteiger partial charge in [-0.15, -0.1) is 5.11 Å². The Hall–Kier alpha value is -3.12. The number of aromatic hydroxyl groups is 1. The van der Waals surface area contributed by atoms with Crippen LogP contribution in [0.5, 0.6) is 5.88 Å². The minimum Gasteiger partial charge on any atom is -0.490 e. The van der Waals surface area contributed by atoms with Gasteiger partial charge in [0, 0.05) is 7.05 Å². The van der Waals surface area contributed by atoms with Gasteiger partial charge in [0.2, 0.25) is 0 Å². The van der Waals surface area contributed by atoms with E-state index in [4.69, 9.17) is 4.55 Å². The third-order valence-electron chi connectivity index (χ3n) is 3.33. The zero-order valence-corrected chi connectivity index (χ0v) is 13.8. The van der Waals surface area contributed by atoms with Gasteiger partial charge in [-0.25, -0.2) is 0 Å². The molecule has 2 N–H and O–H groups in total. The van der Waals surface area contributed by atoms with Crippen LogP contribution < -0.4 is 5.56 Å². The van der Waals surface area contributed by atoms with E-state index in [0.29, 0.717) is 4.57 Å². The molecule has 0 saturated carbocycles. The molecule has 0 saturated heterocycles. The fourth-order valence-corrected chi connectivity index (χ4v) is 2.46. The summed E-state index contributed by atoms with van der Waals surface area (Å²) in [6.45, 7) is 1.25. The number of rotatable bonds is 4. The molecule has 0 unspecified atom stereocenters. The predicted octanol–water partition coefficient (Wildman–Crippen LogP) is 1.97. The van der Waals surface area contributed by atoms with Crippen LogP contribution in [0.25, 0.3) is 0 Å². The lowest BCUT2D eigenvalue weighted by molar-refractivity contribution is -0.386. The molecule has 0 aliphatic rings. The first-order valence-electron chi connectivity index (χ1n) is 6.60. The second-order valence-corrected chi connectivity index (χ2v) is 6.36. The number of hydrogen-bond acceptors (Lipinski definition) is 8. The van der Waals surface area contributed by atoms with E-state index in [1.807, 2.05) is 0 Å². The maximum absolute atomic E-state index is 12.1. The summed E-state index contributed by atoms with van der Waals surface area (Å²) in [6.07, 6.45) is 0. The third-order valence-corrected chi connectivity index (χ3v) is 4.20. The lowest BCUT2D eigenvalue weighted by atomic mass is 10.2. The number of hydrogen-bond donors (Lipinski definition) is 2. The Balaban J connectivity index is 2.52. The van der Waals surface area contributed by atoms with Crippen molar-refractivity contribution in [1.82, 2.24) is 4.57 Å². The molecule has 0 aliphatic carbocycles. The standard InChI is InChI=1S/C13H12N4O7S/c1-7-10(12(18)16(2)13(19)11(7)17(20)21)15-14-8-3-5-9(6-4-8)25(22,23)24/h3-6,19H,1-2H3,(H,22,23,24). The zero-order valence-electron chi connectivity index (χ0n) is 12.9. The molecule has 1 aromatic carbocycles. The van der Waals surface area contributed by atoms with Crippen molar-refractivity contribution in [1.29, 1.82) is 0 Å². The number of aromatic nitrogens is 1. The van der Waals surface area contributed by atoms with Crippen LogP contribution in [-0.4, -0.2) is 27.6 Å². The fourth-order valence-electron chi connectivity index (χ4n) is 1.98. The quantitative estimate of drug-likeness (QED) is 0.360. The minimum absolute atomic E-state index is 0.143. The highest BCUT2D eigenvalue weighted by molar-refractivity contribution is 7.85. The van der Waals surface area contributed by atoms with E-state index in [0.717, 1.165) is 19.2 Å². The fraction of sp³-hybridized carbons (Fsp3) is 0.154. The minimum atomic E-state index is -4.35. The van der Waals surface area contributed by atoms with Crippen LogP contribution in [0.2, 0.25) is 0 Å². The third kappa shape index (κ3) is 3.54. The molecule has 132 valence electrons. The Morgan fingerprint density at radius 3 is 2.24 bits per heavy atom. The monoisotopic (exact) mass is 368 g/mol. The van der Waals surface area contributed by atoms with Crippen molar-refractivity contribution in [3.05, 3.63) is 50.3 Å². The maximum atomic E-state index is 12.1. The van der Waals surface area contributed by atoms with Crippen LogP contribution in [-0.2, 0) is 17.2 Å². The highest BCUT2D eigenvalue weighted by Crippen LogP contribution is 2.33. The number of azo groups is 1. The summed E-state index contributed by atoms with van der Waals surface area (Å²) in [5.41, 5.74) is -1.82. The molecular weight excluding hydrogens is 356 g/mol. The Bertz CT molecular complexity index is 1040. The van der Waals surface area contributed by atoms with Crippen LogP contribution in [0, 0.1) is 17.0 Å². The molecule has 0 fully saturated rings. The number of pyridine rings is 1. The van der Waals surface area contributed by atoms with Crippen molar-refractivity contribution >= 4 is 27.2 Å². The van der Waals surface area contributed by atoms with Gasteiger partial charge in [0.1, 0.15) is 0 Å². The van der Waals surface area contributed by atoms with Crippen molar-refractivity contribution in [2.75, 3.05) is 0 Å². The van der Waals surface area contributed by atoms with Gasteiger partial charge in [0.15, 0.2) is 5.69 Å². The first-order valence-corrected chi connectivity index (χ1v) is 8.04. The number of nitrogens with zero attached hydrogens (tertiary/aromatic N) is 4. The average Bonchev–Trinajstić information content (AvgIpc) is 2.52. The van der Waals surface area contributed by atoms with Crippen LogP contribution in [0.15, 0.2) is 44.2 Å². The van der Waals surface area contributed by atoms with Crippen molar-refractivity contribution in [3.8, 4) is 5.88 Å². The summed E-state index contributed by atoms with van der Waals surface area (Å²) in [6, 6.07) is 4.60. The zero-order chi connectivity index (χ0) is 18.9. The van der Waals surface area contributed by atoms with Gasteiger partial charge in [-0.05, 0) is 31.2 Å². The molecule has 2 aromatic rings. The summed E-state index contributed by atoms with van der Waals surface area (Å²) in [5.74, 6) is -0.802. The molecule has 2 rings (SSSR count). The van der Waals surface area contributed by atoms with Crippen molar-refractivity contribution < 1.29 is 23.0 Å². The summed E-state index contributed by atoms with van der Waals surface area (Å²) in [7, 11) is -3.21. The lowest BCUT2D eigenvalue weighted by Gasteiger charge is -2.07. The van der Waals surface area contributed by atoms with Gasteiger partial charge in [0.25, 0.3) is 21.6 Å². The lowest BCUT2D eigenvalue weighted by Crippen LogP contribution is -2.18. The second-order valence-electron chi connectivity index (χ2n) is 4.94. The van der Waals surface area contributed by atoms with E-state index < -0.39 is 32.2 Å². The number of benzene rings is 1. The van der Waals surface area contributed by atoms with Crippen LogP contribution in [0.4, 0.5) is 17.1 Å². The smallest absolute Gasteiger partial charge is 0.334 e. The average molecular weight is 368 g/mol. The van der Waals surface area contributed by atoms with Crippen LogP contribution in [0.3, 0.4) is 0 Å². The predicted molar refractivity (Wildman–Crippen MR) is 85.2 cm³/mol. The maximum Gasteiger partial charge on any atom is 0.334 e. The van der Waals surface area contributed by atoms with Crippen LogP contribution >= 0.6 is 0 Å². The highest BCUT2D eigenvalue weighted by atomic mass is 32.2. The van der Waals surface area contributed by atoms with Gasteiger partial charge < -0.3 is 5.11 Å². The molecule has 12 heteroatoms. The molecule has 1 aromatic heterocycles. The van der Waals surface area contributed by atoms with E-state index in [2.05, 4.69) is 10.2 Å². The second kappa shape index (κ2) is 6.41. The topological polar surface area (TPSA) is 164 Å². The molecule has 25 heavy (non-hydrogen) atoms. The summed E-state index contributed by atoms with van der Waals surface area (Å²) >= 11 is 0. The van der Waals surface area contributed by atoms with Crippen LogP contribution in [0.1, 0.15) is 5.56 Å². The van der Waals surface area contributed by atoms with Gasteiger partial charge in [-0.3, -0.25) is 24.0 Å². The van der Waals surface area contributed by atoms with Crippen molar-refractivity contribution in [2.24, 2.45) is 17.3 Å².